The lowest BCUT2D eigenvalue weighted by Crippen LogP contribution is -2.09. The summed E-state index contributed by atoms with van der Waals surface area (Å²) in [5, 5.41) is 13.5. The first-order valence-electron chi connectivity index (χ1n) is 4.22. The van der Waals surface area contributed by atoms with E-state index < -0.39 is 4.92 Å². The zero-order valence-corrected chi connectivity index (χ0v) is 9.32. The molecule has 0 aliphatic heterocycles. The summed E-state index contributed by atoms with van der Waals surface area (Å²) in [7, 11) is 0. The zero-order chi connectivity index (χ0) is 10.6. The van der Waals surface area contributed by atoms with Gasteiger partial charge >= 0.3 is 0 Å². The van der Waals surface area contributed by atoms with Crippen LogP contribution in [0.25, 0.3) is 0 Å². The quantitative estimate of drug-likeness (QED) is 0.514. The van der Waals surface area contributed by atoms with Crippen molar-refractivity contribution in [3.05, 3.63) is 34.4 Å². The highest BCUT2D eigenvalue weighted by Gasteiger charge is 2.03. The number of hydrogen-bond donors (Lipinski definition) is 1. The molecule has 0 spiro atoms. The molecule has 0 radical (unpaired) electrons. The monoisotopic (exact) mass is 258 g/mol. The van der Waals surface area contributed by atoms with Crippen molar-refractivity contribution in [2.24, 2.45) is 0 Å². The molecule has 4 nitrogen and oxygen atoms in total. The van der Waals surface area contributed by atoms with Crippen molar-refractivity contribution in [2.75, 3.05) is 11.9 Å². The lowest BCUT2D eigenvalue weighted by molar-refractivity contribution is -0.384. The van der Waals surface area contributed by atoms with E-state index in [2.05, 4.69) is 21.2 Å². The minimum Gasteiger partial charge on any atom is -0.384 e. The highest BCUT2D eigenvalue weighted by Crippen LogP contribution is 2.15. The topological polar surface area (TPSA) is 55.2 Å². The van der Waals surface area contributed by atoms with Crippen molar-refractivity contribution in [1.29, 1.82) is 0 Å². The molecule has 1 N–H and O–H groups in total. The molecular weight excluding hydrogens is 248 g/mol. The van der Waals surface area contributed by atoms with Crippen LogP contribution in [0.2, 0.25) is 0 Å². The standard InChI is InChI=1S/C9H11BrN2O2/c1-7(10)6-11-8-2-4-9(5-3-8)12(13)14/h2-5,7,11H,6H2,1H3. The number of benzene rings is 1. The van der Waals surface area contributed by atoms with Crippen molar-refractivity contribution in [3.63, 3.8) is 0 Å². The van der Waals surface area contributed by atoms with Crippen LogP contribution < -0.4 is 5.32 Å². The highest BCUT2D eigenvalue weighted by atomic mass is 79.9. The highest BCUT2D eigenvalue weighted by molar-refractivity contribution is 9.09. The van der Waals surface area contributed by atoms with Crippen LogP contribution in [0, 0.1) is 10.1 Å². The van der Waals surface area contributed by atoms with Crippen LogP contribution in [0.15, 0.2) is 24.3 Å². The largest absolute Gasteiger partial charge is 0.384 e. The smallest absolute Gasteiger partial charge is 0.269 e. The fourth-order valence-corrected chi connectivity index (χ4v) is 1.12. The second-order valence-corrected chi connectivity index (χ2v) is 4.53. The maximum Gasteiger partial charge on any atom is 0.269 e. The van der Waals surface area contributed by atoms with Crippen LogP contribution in [0.3, 0.4) is 0 Å². The molecule has 0 aliphatic rings. The maximum atomic E-state index is 10.4. The van der Waals surface area contributed by atoms with E-state index in [0.717, 1.165) is 12.2 Å². The van der Waals surface area contributed by atoms with Gasteiger partial charge in [0.05, 0.1) is 4.92 Å². The fraction of sp³-hybridized carbons (Fsp3) is 0.333. The second kappa shape index (κ2) is 4.95. The number of nitrogens with one attached hydrogen (secondary N) is 1. The number of nitro benzene ring substituents is 1. The Hall–Kier alpha value is -1.10. The molecule has 1 aromatic carbocycles. The van der Waals surface area contributed by atoms with E-state index in [-0.39, 0.29) is 5.69 Å². The van der Waals surface area contributed by atoms with Crippen LogP contribution in [-0.2, 0) is 0 Å². The summed E-state index contributed by atoms with van der Waals surface area (Å²) in [4.78, 5) is 10.3. The summed E-state index contributed by atoms with van der Waals surface area (Å²) in [5.41, 5.74) is 1.00. The summed E-state index contributed by atoms with van der Waals surface area (Å²) in [6.45, 7) is 2.82. The van der Waals surface area contributed by atoms with Crippen molar-refractivity contribution in [3.8, 4) is 0 Å². The van der Waals surface area contributed by atoms with Gasteiger partial charge < -0.3 is 5.32 Å². The molecular formula is C9H11BrN2O2. The lowest BCUT2D eigenvalue weighted by Gasteiger charge is -2.06. The molecule has 1 atom stereocenters. The molecule has 0 saturated heterocycles. The molecule has 14 heavy (non-hydrogen) atoms. The van der Waals surface area contributed by atoms with Crippen LogP contribution >= 0.6 is 15.9 Å². The van der Waals surface area contributed by atoms with Gasteiger partial charge in [0.25, 0.3) is 5.69 Å². The van der Waals surface area contributed by atoms with Gasteiger partial charge in [-0.3, -0.25) is 10.1 Å². The number of alkyl halides is 1. The van der Waals surface area contributed by atoms with Crippen molar-refractivity contribution in [2.45, 2.75) is 11.8 Å². The Morgan fingerprint density at radius 1 is 1.50 bits per heavy atom. The minimum atomic E-state index is -0.406. The normalized spacial score (nSPS) is 12.1. The second-order valence-electron chi connectivity index (χ2n) is 2.97. The van der Waals surface area contributed by atoms with Crippen molar-refractivity contribution in [1.82, 2.24) is 0 Å². The first-order chi connectivity index (χ1) is 6.59. The molecule has 1 unspecified atom stereocenters. The van der Waals surface area contributed by atoms with Crippen LogP contribution in [-0.4, -0.2) is 16.3 Å². The summed E-state index contributed by atoms with van der Waals surface area (Å²) < 4.78 is 0. The number of rotatable bonds is 4. The average Bonchev–Trinajstić information content (AvgIpc) is 2.15. The number of nitrogens with zero attached hydrogens (tertiary/aromatic N) is 1. The number of halogens is 1. The Balaban J connectivity index is 2.60. The Kier molecular flexibility index (Phi) is 3.88. The molecule has 0 saturated carbocycles. The molecule has 0 bridgehead atoms. The molecule has 0 amide bonds. The SMILES string of the molecule is CC(Br)CNc1ccc([N+](=O)[O-])cc1. The lowest BCUT2D eigenvalue weighted by atomic mass is 10.3. The molecule has 1 aromatic rings. The molecule has 0 heterocycles. The first kappa shape index (κ1) is 11.0. The zero-order valence-electron chi connectivity index (χ0n) is 7.74. The number of nitro groups is 1. The van der Waals surface area contributed by atoms with Gasteiger partial charge in [0.1, 0.15) is 0 Å². The van der Waals surface area contributed by atoms with Crippen LogP contribution in [0.1, 0.15) is 6.92 Å². The fourth-order valence-electron chi connectivity index (χ4n) is 0.959. The van der Waals surface area contributed by atoms with E-state index in [1.807, 2.05) is 6.92 Å². The molecule has 0 aromatic heterocycles. The van der Waals surface area contributed by atoms with Crippen LogP contribution in [0.5, 0.6) is 0 Å². The summed E-state index contributed by atoms with van der Waals surface area (Å²) >= 11 is 3.40. The molecule has 0 fully saturated rings. The maximum absolute atomic E-state index is 10.4. The van der Waals surface area contributed by atoms with Gasteiger partial charge in [0.15, 0.2) is 0 Å². The van der Waals surface area contributed by atoms with Gasteiger partial charge in [-0.25, -0.2) is 0 Å². The van der Waals surface area contributed by atoms with E-state index >= 15 is 0 Å². The summed E-state index contributed by atoms with van der Waals surface area (Å²) in [5.74, 6) is 0. The van der Waals surface area contributed by atoms with Crippen molar-refractivity contribution < 1.29 is 4.92 Å². The van der Waals surface area contributed by atoms with Gasteiger partial charge in [-0.1, -0.05) is 22.9 Å². The Bertz CT molecular complexity index is 311. The first-order valence-corrected chi connectivity index (χ1v) is 5.13. The van der Waals surface area contributed by atoms with E-state index in [1.165, 1.54) is 12.1 Å². The summed E-state index contributed by atoms with van der Waals surface area (Å²) in [6.07, 6.45) is 0. The van der Waals surface area contributed by atoms with E-state index in [1.54, 1.807) is 12.1 Å². The summed E-state index contributed by atoms with van der Waals surface area (Å²) in [6, 6.07) is 6.38. The molecule has 0 aliphatic carbocycles. The Morgan fingerprint density at radius 2 is 2.07 bits per heavy atom. The predicted octanol–water partition coefficient (Wildman–Crippen LogP) is 2.79. The minimum absolute atomic E-state index is 0.113. The number of anilines is 1. The molecule has 1 rings (SSSR count). The third kappa shape index (κ3) is 3.33. The Morgan fingerprint density at radius 3 is 2.50 bits per heavy atom. The van der Waals surface area contributed by atoms with Gasteiger partial charge in [-0.05, 0) is 12.1 Å². The Labute approximate surface area is 90.6 Å². The number of non-ortho nitro benzene ring substituents is 1. The average molecular weight is 259 g/mol. The van der Waals surface area contributed by atoms with E-state index in [4.69, 9.17) is 0 Å². The van der Waals surface area contributed by atoms with E-state index in [0.29, 0.717) is 4.83 Å². The third-order valence-corrected chi connectivity index (χ3v) is 1.99. The van der Waals surface area contributed by atoms with Crippen LogP contribution in [0.4, 0.5) is 11.4 Å². The molecule has 5 heteroatoms. The third-order valence-electron chi connectivity index (χ3n) is 1.67. The van der Waals surface area contributed by atoms with Gasteiger partial charge in [0, 0.05) is 29.2 Å². The molecule has 76 valence electrons. The van der Waals surface area contributed by atoms with Gasteiger partial charge in [-0.2, -0.15) is 0 Å². The predicted molar refractivity (Wildman–Crippen MR) is 60.0 cm³/mol. The number of hydrogen-bond acceptors (Lipinski definition) is 3. The van der Waals surface area contributed by atoms with Gasteiger partial charge in [0.2, 0.25) is 0 Å². The van der Waals surface area contributed by atoms with E-state index in [9.17, 15) is 10.1 Å². The van der Waals surface area contributed by atoms with Crippen molar-refractivity contribution >= 4 is 27.3 Å². The van der Waals surface area contributed by atoms with Gasteiger partial charge in [-0.15, -0.1) is 0 Å².